The molecule has 0 aliphatic heterocycles. The molecule has 0 heterocycles. The Kier molecular flexibility index (Phi) is 5.07. The standard InChI is InChI=1S/C13H16Cl2N2O3/c14-8-6-11(17(18)19)13(7-9(8)15)20-12-5-3-1-2-4-10(12)16/h6-7,10,12H,1-5,16H2. The number of ether oxygens (including phenoxy) is 1. The van der Waals surface area contributed by atoms with Gasteiger partial charge in [-0.25, -0.2) is 0 Å². The van der Waals surface area contributed by atoms with Crippen LogP contribution in [0.5, 0.6) is 5.75 Å². The number of rotatable bonds is 3. The summed E-state index contributed by atoms with van der Waals surface area (Å²) >= 11 is 11.7. The van der Waals surface area contributed by atoms with Crippen LogP contribution < -0.4 is 10.5 Å². The summed E-state index contributed by atoms with van der Waals surface area (Å²) in [6, 6.07) is 2.48. The van der Waals surface area contributed by atoms with Crippen molar-refractivity contribution < 1.29 is 9.66 Å². The van der Waals surface area contributed by atoms with Crippen LogP contribution in [0.25, 0.3) is 0 Å². The summed E-state index contributed by atoms with van der Waals surface area (Å²) in [6.07, 6.45) is 4.60. The fraction of sp³-hybridized carbons (Fsp3) is 0.538. The molecule has 2 rings (SSSR count). The first-order valence-electron chi connectivity index (χ1n) is 6.54. The summed E-state index contributed by atoms with van der Waals surface area (Å²) in [7, 11) is 0. The largest absolute Gasteiger partial charge is 0.482 e. The minimum Gasteiger partial charge on any atom is -0.482 e. The third-order valence-electron chi connectivity index (χ3n) is 3.48. The number of hydrogen-bond acceptors (Lipinski definition) is 4. The van der Waals surface area contributed by atoms with Gasteiger partial charge in [-0.1, -0.05) is 36.0 Å². The van der Waals surface area contributed by atoms with Gasteiger partial charge < -0.3 is 10.5 Å². The molecule has 0 aromatic heterocycles. The van der Waals surface area contributed by atoms with Crippen LogP contribution in [-0.2, 0) is 0 Å². The van der Waals surface area contributed by atoms with Crippen molar-refractivity contribution in [3.8, 4) is 5.75 Å². The van der Waals surface area contributed by atoms with Gasteiger partial charge in [-0.2, -0.15) is 0 Å². The van der Waals surface area contributed by atoms with Crippen LogP contribution in [0, 0.1) is 10.1 Å². The first-order chi connectivity index (χ1) is 9.49. The molecule has 2 atom stereocenters. The number of nitrogens with two attached hydrogens (primary N) is 1. The van der Waals surface area contributed by atoms with E-state index in [1.165, 1.54) is 12.1 Å². The number of nitro groups is 1. The summed E-state index contributed by atoms with van der Waals surface area (Å²) in [5.41, 5.74) is 5.88. The molecule has 0 bridgehead atoms. The highest BCUT2D eigenvalue weighted by molar-refractivity contribution is 6.42. The lowest BCUT2D eigenvalue weighted by Crippen LogP contribution is -2.38. The SMILES string of the molecule is NC1CCCCCC1Oc1cc(Cl)c(Cl)cc1[N+](=O)[O-]. The molecule has 0 radical (unpaired) electrons. The molecule has 0 saturated heterocycles. The van der Waals surface area contributed by atoms with Crippen LogP contribution in [0.4, 0.5) is 5.69 Å². The van der Waals surface area contributed by atoms with Gasteiger partial charge in [-0.05, 0) is 19.3 Å². The van der Waals surface area contributed by atoms with Crippen molar-refractivity contribution in [2.24, 2.45) is 5.73 Å². The fourth-order valence-electron chi connectivity index (χ4n) is 2.37. The first-order valence-corrected chi connectivity index (χ1v) is 7.30. The topological polar surface area (TPSA) is 78.4 Å². The number of benzene rings is 1. The van der Waals surface area contributed by atoms with Gasteiger partial charge in [0.1, 0.15) is 6.10 Å². The Bertz CT molecular complexity index is 511. The van der Waals surface area contributed by atoms with Crippen LogP contribution in [0.15, 0.2) is 12.1 Å². The maximum Gasteiger partial charge on any atom is 0.312 e. The first kappa shape index (κ1) is 15.4. The van der Waals surface area contributed by atoms with E-state index < -0.39 is 4.92 Å². The van der Waals surface area contributed by atoms with Crippen LogP contribution in [0.3, 0.4) is 0 Å². The van der Waals surface area contributed by atoms with Gasteiger partial charge >= 0.3 is 5.69 Å². The summed E-state index contributed by atoms with van der Waals surface area (Å²) in [5.74, 6) is 0.131. The second-order valence-corrected chi connectivity index (χ2v) is 5.76. The molecule has 7 heteroatoms. The van der Waals surface area contributed by atoms with E-state index in [4.69, 9.17) is 33.7 Å². The molecule has 1 aliphatic carbocycles. The zero-order valence-corrected chi connectivity index (χ0v) is 12.4. The zero-order chi connectivity index (χ0) is 14.7. The molecule has 1 aliphatic rings. The van der Waals surface area contributed by atoms with Crippen molar-refractivity contribution in [1.29, 1.82) is 0 Å². The minimum absolute atomic E-state index is 0.119. The third-order valence-corrected chi connectivity index (χ3v) is 4.20. The summed E-state index contributed by atoms with van der Waals surface area (Å²) in [6.45, 7) is 0. The molecule has 1 saturated carbocycles. The molecule has 0 amide bonds. The highest BCUT2D eigenvalue weighted by atomic mass is 35.5. The maximum atomic E-state index is 11.1. The van der Waals surface area contributed by atoms with E-state index in [0.717, 1.165) is 32.1 Å². The van der Waals surface area contributed by atoms with E-state index in [1.807, 2.05) is 0 Å². The van der Waals surface area contributed by atoms with Gasteiger partial charge in [0.15, 0.2) is 5.75 Å². The predicted octanol–water partition coefficient (Wildman–Crippen LogP) is 3.94. The Morgan fingerprint density at radius 3 is 2.55 bits per heavy atom. The van der Waals surface area contributed by atoms with Gasteiger partial charge in [-0.15, -0.1) is 0 Å². The van der Waals surface area contributed by atoms with E-state index in [-0.39, 0.29) is 33.6 Å². The smallest absolute Gasteiger partial charge is 0.312 e. The molecule has 0 spiro atoms. The van der Waals surface area contributed by atoms with Crippen molar-refractivity contribution in [1.82, 2.24) is 0 Å². The van der Waals surface area contributed by atoms with E-state index in [1.54, 1.807) is 0 Å². The van der Waals surface area contributed by atoms with Crippen LogP contribution >= 0.6 is 23.2 Å². The molecule has 1 aromatic carbocycles. The zero-order valence-electron chi connectivity index (χ0n) is 10.9. The number of halogens is 2. The maximum absolute atomic E-state index is 11.1. The normalized spacial score (nSPS) is 23.1. The van der Waals surface area contributed by atoms with Crippen molar-refractivity contribution in [3.63, 3.8) is 0 Å². The van der Waals surface area contributed by atoms with E-state index in [0.29, 0.717) is 0 Å². The molecule has 20 heavy (non-hydrogen) atoms. The fourth-order valence-corrected chi connectivity index (χ4v) is 2.68. The Hall–Kier alpha value is -1.04. The molecule has 1 fully saturated rings. The van der Waals surface area contributed by atoms with Gasteiger partial charge in [0.05, 0.1) is 15.0 Å². The van der Waals surface area contributed by atoms with Crippen molar-refractivity contribution >= 4 is 28.9 Å². The molecule has 5 nitrogen and oxygen atoms in total. The third kappa shape index (κ3) is 3.53. The summed E-state index contributed by atoms with van der Waals surface area (Å²) in [5, 5.41) is 11.4. The average Bonchev–Trinajstić information content (AvgIpc) is 2.59. The van der Waals surface area contributed by atoms with Gasteiger partial charge in [0.25, 0.3) is 0 Å². The quantitative estimate of drug-likeness (QED) is 0.520. The Morgan fingerprint density at radius 2 is 1.85 bits per heavy atom. The summed E-state index contributed by atoms with van der Waals surface area (Å²) < 4.78 is 5.77. The monoisotopic (exact) mass is 318 g/mol. The second-order valence-electron chi connectivity index (χ2n) is 4.95. The second kappa shape index (κ2) is 6.61. The Labute approximate surface area is 127 Å². The lowest BCUT2D eigenvalue weighted by Gasteiger charge is -2.22. The van der Waals surface area contributed by atoms with Crippen molar-refractivity contribution in [2.75, 3.05) is 0 Å². The number of nitrogens with zero attached hydrogens (tertiary/aromatic N) is 1. The lowest BCUT2D eigenvalue weighted by molar-refractivity contribution is -0.386. The van der Waals surface area contributed by atoms with E-state index in [9.17, 15) is 10.1 Å². The number of hydrogen-bond donors (Lipinski definition) is 1. The number of nitro benzene ring substituents is 1. The highest BCUT2D eigenvalue weighted by Crippen LogP contribution is 2.37. The van der Waals surface area contributed by atoms with Crippen LogP contribution in [0.1, 0.15) is 32.1 Å². The minimum atomic E-state index is -0.528. The van der Waals surface area contributed by atoms with Crippen molar-refractivity contribution in [2.45, 2.75) is 44.2 Å². The van der Waals surface area contributed by atoms with E-state index >= 15 is 0 Å². The Morgan fingerprint density at radius 1 is 1.20 bits per heavy atom. The molecule has 2 N–H and O–H groups in total. The molecule has 110 valence electrons. The van der Waals surface area contributed by atoms with E-state index in [2.05, 4.69) is 0 Å². The lowest BCUT2D eigenvalue weighted by atomic mass is 10.1. The molecular weight excluding hydrogens is 303 g/mol. The van der Waals surface area contributed by atoms with Crippen LogP contribution in [-0.4, -0.2) is 17.1 Å². The average molecular weight is 319 g/mol. The highest BCUT2D eigenvalue weighted by Gasteiger charge is 2.26. The van der Waals surface area contributed by atoms with Crippen molar-refractivity contribution in [3.05, 3.63) is 32.3 Å². The van der Waals surface area contributed by atoms with Gasteiger partial charge in [-0.3, -0.25) is 10.1 Å². The summed E-state index contributed by atoms with van der Waals surface area (Å²) in [4.78, 5) is 10.5. The molecule has 2 unspecified atom stereocenters. The van der Waals surface area contributed by atoms with Crippen LogP contribution in [0.2, 0.25) is 10.0 Å². The van der Waals surface area contributed by atoms with Gasteiger partial charge in [0.2, 0.25) is 0 Å². The molecule has 1 aromatic rings. The molecular formula is C13H16Cl2N2O3. The predicted molar refractivity (Wildman–Crippen MR) is 78.6 cm³/mol. The van der Waals surface area contributed by atoms with Gasteiger partial charge in [0, 0.05) is 18.2 Å². The Balaban J connectivity index is 2.27.